The van der Waals surface area contributed by atoms with Gasteiger partial charge in [0.05, 0.1) is 27.8 Å². The minimum atomic E-state index is 0.144. The number of methoxy groups -OCH3 is 3. The van der Waals surface area contributed by atoms with Gasteiger partial charge >= 0.3 is 0 Å². The highest BCUT2D eigenvalue weighted by Gasteiger charge is 2.35. The lowest BCUT2D eigenvalue weighted by molar-refractivity contribution is -0.133. The van der Waals surface area contributed by atoms with Gasteiger partial charge in [-0.2, -0.15) is 0 Å². The number of likely N-dealkylation sites (tertiary alicyclic amines) is 1. The summed E-state index contributed by atoms with van der Waals surface area (Å²) < 4.78 is 16.2. The Balaban J connectivity index is 1.74. The summed E-state index contributed by atoms with van der Waals surface area (Å²) in [5.41, 5.74) is 0.875. The largest absolute Gasteiger partial charge is 0.493 e. The molecule has 0 radical (unpaired) electrons. The van der Waals surface area contributed by atoms with E-state index in [0.717, 1.165) is 12.0 Å². The summed E-state index contributed by atoms with van der Waals surface area (Å²) in [5.74, 6) is 1.86. The van der Waals surface area contributed by atoms with Crippen LogP contribution in [0.2, 0.25) is 0 Å². The Kier molecular flexibility index (Phi) is 7.05. The van der Waals surface area contributed by atoms with Gasteiger partial charge in [0.2, 0.25) is 11.7 Å². The van der Waals surface area contributed by atoms with E-state index in [-0.39, 0.29) is 5.91 Å². The lowest BCUT2D eigenvalue weighted by atomic mass is 9.88. The number of carbonyl (C=O) groups is 1. The van der Waals surface area contributed by atoms with Crippen LogP contribution in [0.4, 0.5) is 0 Å². The molecule has 1 amide bonds. The highest BCUT2D eigenvalue weighted by molar-refractivity contribution is 5.79. The molecule has 2 fully saturated rings. The molecule has 6 heteroatoms. The molecule has 3 rings (SSSR count). The third-order valence-electron chi connectivity index (χ3n) is 6.27. The lowest BCUT2D eigenvalue weighted by Crippen LogP contribution is -2.53. The molecule has 0 spiro atoms. The molecule has 1 saturated carbocycles. The minimum Gasteiger partial charge on any atom is -0.493 e. The van der Waals surface area contributed by atoms with E-state index in [1.165, 1.54) is 45.2 Å². The van der Waals surface area contributed by atoms with Crippen LogP contribution in [0.5, 0.6) is 17.2 Å². The van der Waals surface area contributed by atoms with Crippen LogP contribution in [0.25, 0.3) is 0 Å². The molecule has 1 aromatic carbocycles. The zero-order chi connectivity index (χ0) is 20.1. The average molecular weight is 391 g/mol. The number of likely N-dealkylation sites (N-methyl/N-ethyl adjacent to an activating group) is 1. The Morgan fingerprint density at radius 2 is 1.61 bits per heavy atom. The van der Waals surface area contributed by atoms with Crippen molar-refractivity contribution in [1.29, 1.82) is 0 Å². The molecule has 28 heavy (non-hydrogen) atoms. The molecule has 1 aliphatic carbocycles. The first kappa shape index (κ1) is 20.8. The van der Waals surface area contributed by atoms with E-state index in [9.17, 15) is 4.79 Å². The van der Waals surface area contributed by atoms with Gasteiger partial charge in [0.1, 0.15) is 0 Å². The van der Waals surface area contributed by atoms with E-state index < -0.39 is 0 Å². The second kappa shape index (κ2) is 9.50. The van der Waals surface area contributed by atoms with E-state index in [2.05, 4.69) is 4.90 Å². The van der Waals surface area contributed by atoms with E-state index in [4.69, 9.17) is 14.2 Å². The van der Waals surface area contributed by atoms with Crippen molar-refractivity contribution in [3.05, 3.63) is 17.7 Å². The van der Waals surface area contributed by atoms with E-state index in [1.54, 1.807) is 21.3 Å². The fourth-order valence-corrected chi connectivity index (χ4v) is 4.76. The number of hydrogen-bond donors (Lipinski definition) is 0. The number of carbonyl (C=O) groups excluding carboxylic acids is 1. The topological polar surface area (TPSA) is 51.2 Å². The van der Waals surface area contributed by atoms with Crippen LogP contribution in [0.1, 0.15) is 44.1 Å². The van der Waals surface area contributed by atoms with Crippen molar-refractivity contribution in [1.82, 2.24) is 9.80 Å². The van der Waals surface area contributed by atoms with Gasteiger partial charge in [-0.1, -0.05) is 12.8 Å². The molecule has 156 valence electrons. The number of benzene rings is 1. The fraction of sp³-hybridized carbons (Fsp3) is 0.682. The van der Waals surface area contributed by atoms with Crippen molar-refractivity contribution in [2.45, 2.75) is 57.0 Å². The Bertz CT molecular complexity index is 647. The summed E-state index contributed by atoms with van der Waals surface area (Å²) in [5, 5.41) is 0. The molecule has 6 nitrogen and oxygen atoms in total. The van der Waals surface area contributed by atoms with Crippen LogP contribution in [0.15, 0.2) is 12.1 Å². The summed E-state index contributed by atoms with van der Waals surface area (Å²) in [6.07, 6.45) is 7.67. The first-order valence-electron chi connectivity index (χ1n) is 10.4. The first-order valence-corrected chi connectivity index (χ1v) is 10.4. The first-order chi connectivity index (χ1) is 13.6. The van der Waals surface area contributed by atoms with Gasteiger partial charge in [-0.25, -0.2) is 0 Å². The number of ether oxygens (including phenoxy) is 3. The maximum atomic E-state index is 13.1. The molecular formula is C22H34N2O4. The molecule has 0 aromatic heterocycles. The molecule has 1 aliphatic heterocycles. The second-order valence-corrected chi connectivity index (χ2v) is 7.88. The molecule has 1 aromatic rings. The number of nitrogens with zero attached hydrogens (tertiary/aromatic N) is 2. The quantitative estimate of drug-likeness (QED) is 0.716. The summed E-state index contributed by atoms with van der Waals surface area (Å²) >= 11 is 0. The maximum absolute atomic E-state index is 13.1. The normalized spacial score (nSPS) is 22.7. The van der Waals surface area contributed by atoms with Crippen LogP contribution in [-0.4, -0.2) is 69.3 Å². The Hall–Kier alpha value is -1.95. The standard InChI is InChI=1S/C22H34N2O4/c1-23(17-9-5-6-10-18(17)24-11-7-8-12-24)21(25)15-16-13-19(26-2)22(28-4)20(14-16)27-3/h13-14,17-18H,5-12,15H2,1-4H3/t17-,18+/m1/s1. The van der Waals surface area contributed by atoms with Crippen molar-refractivity contribution in [3.8, 4) is 17.2 Å². The average Bonchev–Trinajstić information content (AvgIpc) is 3.27. The van der Waals surface area contributed by atoms with Crippen molar-refractivity contribution < 1.29 is 19.0 Å². The molecule has 2 atom stereocenters. The van der Waals surface area contributed by atoms with E-state index >= 15 is 0 Å². The summed E-state index contributed by atoms with van der Waals surface area (Å²) in [7, 11) is 6.75. The monoisotopic (exact) mass is 390 g/mol. The minimum absolute atomic E-state index is 0.144. The van der Waals surface area contributed by atoms with Crippen molar-refractivity contribution in [3.63, 3.8) is 0 Å². The van der Waals surface area contributed by atoms with Crippen molar-refractivity contribution in [2.24, 2.45) is 0 Å². The highest BCUT2D eigenvalue weighted by Crippen LogP contribution is 2.38. The van der Waals surface area contributed by atoms with Gasteiger partial charge in [0, 0.05) is 19.1 Å². The smallest absolute Gasteiger partial charge is 0.227 e. The Morgan fingerprint density at radius 1 is 1.00 bits per heavy atom. The van der Waals surface area contributed by atoms with Gasteiger partial charge in [0.15, 0.2) is 11.5 Å². The molecule has 2 aliphatic rings. The predicted octanol–water partition coefficient (Wildman–Crippen LogP) is 3.12. The summed E-state index contributed by atoms with van der Waals surface area (Å²) in [4.78, 5) is 17.7. The van der Waals surface area contributed by atoms with Crippen LogP contribution in [0, 0.1) is 0 Å². The van der Waals surface area contributed by atoms with Gasteiger partial charge in [0.25, 0.3) is 0 Å². The zero-order valence-corrected chi connectivity index (χ0v) is 17.7. The Labute approximate surface area is 168 Å². The van der Waals surface area contributed by atoms with E-state index in [1.807, 2.05) is 24.1 Å². The summed E-state index contributed by atoms with van der Waals surface area (Å²) in [6, 6.07) is 4.55. The summed E-state index contributed by atoms with van der Waals surface area (Å²) in [6.45, 7) is 2.35. The predicted molar refractivity (Wildman–Crippen MR) is 109 cm³/mol. The Morgan fingerprint density at radius 3 is 2.18 bits per heavy atom. The molecule has 0 unspecified atom stereocenters. The van der Waals surface area contributed by atoms with Gasteiger partial charge in [-0.15, -0.1) is 0 Å². The molecule has 1 heterocycles. The molecule has 1 saturated heterocycles. The third-order valence-corrected chi connectivity index (χ3v) is 6.27. The van der Waals surface area contributed by atoms with Gasteiger partial charge in [-0.3, -0.25) is 9.69 Å². The molecular weight excluding hydrogens is 356 g/mol. The molecule has 0 N–H and O–H groups in total. The number of hydrogen-bond acceptors (Lipinski definition) is 5. The van der Waals surface area contributed by atoms with Crippen molar-refractivity contribution in [2.75, 3.05) is 41.5 Å². The van der Waals surface area contributed by atoms with Gasteiger partial charge in [-0.05, 0) is 56.5 Å². The highest BCUT2D eigenvalue weighted by atomic mass is 16.5. The SMILES string of the molecule is COc1cc(CC(=O)N(C)[C@@H]2CCCC[C@@H]2N2CCCC2)cc(OC)c1OC. The zero-order valence-electron chi connectivity index (χ0n) is 17.7. The molecule has 0 bridgehead atoms. The maximum Gasteiger partial charge on any atom is 0.227 e. The van der Waals surface area contributed by atoms with Crippen LogP contribution < -0.4 is 14.2 Å². The van der Waals surface area contributed by atoms with E-state index in [0.29, 0.717) is 35.8 Å². The third kappa shape index (κ3) is 4.37. The van der Waals surface area contributed by atoms with Crippen LogP contribution in [-0.2, 0) is 11.2 Å². The van der Waals surface area contributed by atoms with Crippen LogP contribution >= 0.6 is 0 Å². The van der Waals surface area contributed by atoms with Gasteiger partial charge < -0.3 is 19.1 Å². The lowest BCUT2D eigenvalue weighted by Gasteiger charge is -2.42. The fourth-order valence-electron chi connectivity index (χ4n) is 4.76. The number of amides is 1. The number of rotatable bonds is 7. The second-order valence-electron chi connectivity index (χ2n) is 7.88. The van der Waals surface area contributed by atoms with Crippen LogP contribution in [0.3, 0.4) is 0 Å². The van der Waals surface area contributed by atoms with Crippen molar-refractivity contribution >= 4 is 5.91 Å².